The number of hydrogen-bond donors (Lipinski definition) is 0. The number of aromatic nitrogens is 1. The van der Waals surface area contributed by atoms with Gasteiger partial charge in [0.15, 0.2) is 11.6 Å². The summed E-state index contributed by atoms with van der Waals surface area (Å²) in [5.74, 6) is -2.29. The van der Waals surface area contributed by atoms with Crippen LogP contribution in [0.25, 0.3) is 10.8 Å². The van der Waals surface area contributed by atoms with E-state index in [1.807, 2.05) is 6.92 Å². The highest BCUT2D eigenvalue weighted by Crippen LogP contribution is 2.20. The zero-order valence-corrected chi connectivity index (χ0v) is 13.6. The molecule has 1 aliphatic heterocycles. The summed E-state index contributed by atoms with van der Waals surface area (Å²) in [5.41, 5.74) is -0.184. The lowest BCUT2D eigenvalue weighted by Crippen LogP contribution is -2.34. The number of benzene rings is 1. The summed E-state index contributed by atoms with van der Waals surface area (Å²) in [6.07, 6.45) is 3.48. The number of carbonyl (C=O) groups excluding carboxylic acids is 1. The summed E-state index contributed by atoms with van der Waals surface area (Å²) in [5, 5.41) is 0.358. The van der Waals surface area contributed by atoms with Gasteiger partial charge in [0.1, 0.15) is 5.69 Å². The van der Waals surface area contributed by atoms with Gasteiger partial charge in [-0.15, -0.1) is 0 Å². The van der Waals surface area contributed by atoms with Crippen LogP contribution >= 0.6 is 0 Å². The van der Waals surface area contributed by atoms with Crippen molar-refractivity contribution >= 4 is 16.7 Å². The van der Waals surface area contributed by atoms with Crippen molar-refractivity contribution in [3.63, 3.8) is 0 Å². The van der Waals surface area contributed by atoms with Crippen molar-refractivity contribution in [2.45, 2.75) is 39.2 Å². The Labute approximate surface area is 138 Å². The van der Waals surface area contributed by atoms with Crippen molar-refractivity contribution < 1.29 is 13.6 Å². The molecule has 128 valence electrons. The minimum Gasteiger partial charge on any atom is -0.337 e. The first kappa shape index (κ1) is 16.6. The topological polar surface area (TPSA) is 42.3 Å². The molecule has 0 unspecified atom stereocenters. The second-order valence-electron chi connectivity index (χ2n) is 6.19. The molecule has 2 heterocycles. The number of rotatable bonds is 4. The van der Waals surface area contributed by atoms with Gasteiger partial charge in [0.25, 0.3) is 11.5 Å². The van der Waals surface area contributed by atoms with Gasteiger partial charge >= 0.3 is 0 Å². The van der Waals surface area contributed by atoms with Crippen LogP contribution < -0.4 is 5.56 Å². The summed E-state index contributed by atoms with van der Waals surface area (Å²) >= 11 is 0. The molecule has 0 saturated carbocycles. The molecular formula is C18H20F2N2O2. The average molecular weight is 334 g/mol. The summed E-state index contributed by atoms with van der Waals surface area (Å²) in [6.45, 7) is 3.70. The maximum atomic E-state index is 13.5. The number of nitrogens with zero attached hydrogens (tertiary/aromatic N) is 2. The van der Waals surface area contributed by atoms with Crippen LogP contribution in [0.3, 0.4) is 0 Å². The molecule has 0 radical (unpaired) electrons. The Hall–Kier alpha value is -2.24. The van der Waals surface area contributed by atoms with Gasteiger partial charge in [0, 0.05) is 19.6 Å². The number of carbonyl (C=O) groups is 1. The van der Waals surface area contributed by atoms with Gasteiger partial charge in [-0.2, -0.15) is 0 Å². The van der Waals surface area contributed by atoms with Gasteiger partial charge in [-0.05, 0) is 42.8 Å². The van der Waals surface area contributed by atoms with Crippen LogP contribution in [0.4, 0.5) is 8.78 Å². The molecular weight excluding hydrogens is 314 g/mol. The first-order chi connectivity index (χ1) is 11.5. The molecule has 0 N–H and O–H groups in total. The lowest BCUT2D eigenvalue weighted by Gasteiger charge is -2.19. The van der Waals surface area contributed by atoms with Gasteiger partial charge in [-0.1, -0.05) is 13.3 Å². The fraction of sp³-hybridized carbons (Fsp3) is 0.444. The quantitative estimate of drug-likeness (QED) is 0.861. The van der Waals surface area contributed by atoms with E-state index >= 15 is 0 Å². The van der Waals surface area contributed by atoms with Crippen molar-refractivity contribution in [2.24, 2.45) is 0 Å². The van der Waals surface area contributed by atoms with E-state index in [-0.39, 0.29) is 22.4 Å². The van der Waals surface area contributed by atoms with Crippen molar-refractivity contribution in [2.75, 3.05) is 13.1 Å². The molecule has 1 fully saturated rings. The molecule has 2 aromatic rings. The fourth-order valence-electron chi connectivity index (χ4n) is 3.14. The predicted octanol–water partition coefficient (Wildman–Crippen LogP) is 3.32. The Bertz CT molecular complexity index is 839. The maximum absolute atomic E-state index is 13.5. The molecule has 0 aliphatic carbocycles. The summed E-state index contributed by atoms with van der Waals surface area (Å²) in [6, 6.07) is 3.41. The Morgan fingerprint density at radius 1 is 1.12 bits per heavy atom. The third-order valence-electron chi connectivity index (χ3n) is 4.50. The first-order valence-electron chi connectivity index (χ1n) is 8.34. The van der Waals surface area contributed by atoms with Gasteiger partial charge < -0.3 is 9.47 Å². The van der Waals surface area contributed by atoms with Crippen LogP contribution in [-0.2, 0) is 6.54 Å². The van der Waals surface area contributed by atoms with Crippen LogP contribution in [0.2, 0.25) is 0 Å². The molecule has 4 nitrogen and oxygen atoms in total. The third-order valence-corrected chi connectivity index (χ3v) is 4.50. The molecule has 1 aliphatic rings. The van der Waals surface area contributed by atoms with Gasteiger partial charge in [0.05, 0.1) is 5.39 Å². The Balaban J connectivity index is 2.19. The smallest absolute Gasteiger partial charge is 0.270 e. The number of likely N-dealkylation sites (tertiary alicyclic amines) is 1. The number of amides is 1. The van der Waals surface area contributed by atoms with Crippen molar-refractivity contribution in [1.29, 1.82) is 0 Å². The molecule has 24 heavy (non-hydrogen) atoms. The minimum absolute atomic E-state index is 0.1000. The number of pyridine rings is 1. The zero-order chi connectivity index (χ0) is 17.3. The average Bonchev–Trinajstić information content (AvgIpc) is 3.09. The van der Waals surface area contributed by atoms with Crippen LogP contribution in [-0.4, -0.2) is 28.5 Å². The van der Waals surface area contributed by atoms with E-state index in [2.05, 4.69) is 0 Å². The lowest BCUT2D eigenvalue weighted by molar-refractivity contribution is 0.0780. The molecule has 3 rings (SSSR count). The largest absolute Gasteiger partial charge is 0.337 e. The third kappa shape index (κ3) is 2.92. The van der Waals surface area contributed by atoms with E-state index in [9.17, 15) is 18.4 Å². The standard InChI is InChI=1S/C18H20F2N2O2/c1-2-3-8-22-16(18(24)21-6-4-5-7-21)10-12-9-14(19)15(20)11-13(12)17(22)23/h9-11H,2-8H2,1H3. The highest BCUT2D eigenvalue weighted by Gasteiger charge is 2.24. The van der Waals surface area contributed by atoms with Crippen LogP contribution in [0, 0.1) is 11.6 Å². The number of halogens is 2. The highest BCUT2D eigenvalue weighted by atomic mass is 19.2. The summed E-state index contributed by atoms with van der Waals surface area (Å²) in [4.78, 5) is 27.2. The molecule has 1 saturated heterocycles. The molecule has 0 atom stereocenters. The van der Waals surface area contributed by atoms with Crippen molar-refractivity contribution in [3.8, 4) is 0 Å². The predicted molar refractivity (Wildman–Crippen MR) is 88.2 cm³/mol. The van der Waals surface area contributed by atoms with Crippen LogP contribution in [0.15, 0.2) is 23.0 Å². The lowest BCUT2D eigenvalue weighted by atomic mass is 10.1. The Morgan fingerprint density at radius 2 is 1.79 bits per heavy atom. The van der Waals surface area contributed by atoms with Gasteiger partial charge in [0.2, 0.25) is 0 Å². The molecule has 1 aromatic heterocycles. The maximum Gasteiger partial charge on any atom is 0.270 e. The number of hydrogen-bond acceptors (Lipinski definition) is 2. The summed E-state index contributed by atoms with van der Waals surface area (Å²) in [7, 11) is 0. The zero-order valence-electron chi connectivity index (χ0n) is 13.6. The monoisotopic (exact) mass is 334 g/mol. The second-order valence-corrected chi connectivity index (χ2v) is 6.19. The van der Waals surface area contributed by atoms with E-state index in [0.29, 0.717) is 19.6 Å². The summed E-state index contributed by atoms with van der Waals surface area (Å²) < 4.78 is 28.5. The highest BCUT2D eigenvalue weighted by molar-refractivity contribution is 5.96. The van der Waals surface area contributed by atoms with E-state index < -0.39 is 17.2 Å². The first-order valence-corrected chi connectivity index (χ1v) is 8.34. The molecule has 1 amide bonds. The number of fused-ring (bicyclic) bond motifs is 1. The van der Waals surface area contributed by atoms with Gasteiger partial charge in [-0.3, -0.25) is 9.59 Å². The normalized spacial score (nSPS) is 14.5. The van der Waals surface area contributed by atoms with E-state index in [4.69, 9.17) is 0 Å². The van der Waals surface area contributed by atoms with E-state index in [1.165, 1.54) is 10.6 Å². The Kier molecular flexibility index (Phi) is 4.64. The number of unbranched alkanes of at least 4 members (excludes halogenated alkanes) is 1. The molecule has 0 bridgehead atoms. The SMILES string of the molecule is CCCCn1c(C(=O)N2CCCC2)cc2cc(F)c(F)cc2c1=O. The molecule has 0 spiro atoms. The fourth-order valence-corrected chi connectivity index (χ4v) is 3.14. The molecule has 6 heteroatoms. The van der Waals surface area contributed by atoms with E-state index in [1.54, 1.807) is 4.90 Å². The minimum atomic E-state index is -1.06. The van der Waals surface area contributed by atoms with Crippen molar-refractivity contribution in [3.05, 3.63) is 45.9 Å². The Morgan fingerprint density at radius 3 is 2.46 bits per heavy atom. The van der Waals surface area contributed by atoms with Crippen molar-refractivity contribution in [1.82, 2.24) is 9.47 Å². The van der Waals surface area contributed by atoms with Crippen LogP contribution in [0.1, 0.15) is 43.1 Å². The molecule has 1 aromatic carbocycles. The van der Waals surface area contributed by atoms with E-state index in [0.717, 1.165) is 37.8 Å². The second kappa shape index (κ2) is 6.71. The van der Waals surface area contributed by atoms with Crippen LogP contribution in [0.5, 0.6) is 0 Å². The van der Waals surface area contributed by atoms with Gasteiger partial charge in [-0.25, -0.2) is 8.78 Å².